The highest BCUT2D eigenvalue weighted by Gasteiger charge is 2.21. The van der Waals surface area contributed by atoms with E-state index in [0.29, 0.717) is 17.7 Å². The highest BCUT2D eigenvalue weighted by atomic mass is 17.1. The fraction of sp³-hybridized carbons (Fsp3) is 0.325. The van der Waals surface area contributed by atoms with Crippen molar-refractivity contribution in [1.82, 2.24) is 19.9 Å². The van der Waals surface area contributed by atoms with E-state index in [1.165, 1.54) is 0 Å². The predicted molar refractivity (Wildman–Crippen MR) is 204 cm³/mol. The van der Waals surface area contributed by atoms with Crippen molar-refractivity contribution >= 4 is 62.0 Å². The van der Waals surface area contributed by atoms with Crippen LogP contribution in [0.4, 0.5) is 0 Å². The van der Waals surface area contributed by atoms with E-state index in [1.807, 2.05) is 106 Å². The first-order chi connectivity index (χ1) is 23.1. The number of H-pyrrole nitrogens is 2. The minimum atomic E-state index is -0.878. The van der Waals surface area contributed by atoms with E-state index >= 15 is 0 Å². The second kappa shape index (κ2) is 17.9. The molecule has 0 amide bonds. The molecule has 5 heterocycles. The minimum Gasteiger partial charge on any atom is -0.481 e. The molecule has 8 bridgehead atoms. The summed E-state index contributed by atoms with van der Waals surface area (Å²) in [6, 6.07) is 7.90. The monoisotopic (exact) mass is 652 g/mol. The zero-order valence-corrected chi connectivity index (χ0v) is 30.3. The molecule has 8 heteroatoms. The quantitative estimate of drug-likeness (QED) is 0.142. The van der Waals surface area contributed by atoms with Gasteiger partial charge in [0.05, 0.1) is 22.8 Å². The third-order valence-corrected chi connectivity index (χ3v) is 8.09. The van der Waals surface area contributed by atoms with E-state index in [2.05, 4.69) is 34.6 Å². The minimum absolute atomic E-state index is 0.0260. The van der Waals surface area contributed by atoms with Crippen LogP contribution in [-0.4, -0.2) is 42.9 Å². The van der Waals surface area contributed by atoms with Crippen LogP contribution in [0.5, 0.6) is 0 Å². The Hall–Kier alpha value is -4.79. The number of nitrogens with zero attached hydrogens (tertiary/aromatic N) is 2. The van der Waals surface area contributed by atoms with Gasteiger partial charge in [-0.3, -0.25) is 10.1 Å². The van der Waals surface area contributed by atoms with E-state index < -0.39 is 5.97 Å². The van der Waals surface area contributed by atoms with Gasteiger partial charge in [-0.1, -0.05) is 73.4 Å². The molecule has 48 heavy (non-hydrogen) atoms. The van der Waals surface area contributed by atoms with Crippen LogP contribution in [0.25, 0.3) is 56.0 Å². The zero-order chi connectivity index (χ0) is 36.3. The number of carboxylic acids is 1. The molecule has 0 radical (unpaired) electrons. The Kier molecular flexibility index (Phi) is 14.7. The van der Waals surface area contributed by atoms with Crippen molar-refractivity contribution in [2.75, 3.05) is 6.61 Å². The number of aromatic amines is 2. The van der Waals surface area contributed by atoms with Gasteiger partial charge >= 0.3 is 5.97 Å². The van der Waals surface area contributed by atoms with Crippen LogP contribution in [0.2, 0.25) is 0 Å². The van der Waals surface area contributed by atoms with Crippen molar-refractivity contribution in [1.29, 1.82) is 0 Å². The smallest absolute Gasteiger partial charge is 0.303 e. The molecule has 0 atom stereocenters. The van der Waals surface area contributed by atoms with Gasteiger partial charge in [-0.2, -0.15) is 0 Å². The number of aliphatic carboxylic acids is 1. The van der Waals surface area contributed by atoms with Gasteiger partial charge in [-0.25, -0.2) is 14.9 Å². The fourth-order valence-corrected chi connectivity index (χ4v) is 5.77. The van der Waals surface area contributed by atoms with Gasteiger partial charge in [0, 0.05) is 45.2 Å². The molecular weight excluding hydrogens is 600 g/mol. The van der Waals surface area contributed by atoms with Crippen molar-refractivity contribution in [3.05, 3.63) is 95.1 Å². The number of hydrogen-bond donors (Lipinski definition) is 4. The predicted octanol–water partition coefficient (Wildman–Crippen LogP) is 11.1. The largest absolute Gasteiger partial charge is 0.481 e. The number of aryl methyl sites for hydroxylation is 2. The van der Waals surface area contributed by atoms with Crippen LogP contribution in [0, 0.1) is 13.8 Å². The lowest BCUT2D eigenvalue weighted by Gasteiger charge is -2.05. The summed E-state index contributed by atoms with van der Waals surface area (Å²) < 4.78 is 0. The molecule has 0 fully saturated rings. The van der Waals surface area contributed by atoms with Gasteiger partial charge in [0.2, 0.25) is 0 Å². The second-order valence-corrected chi connectivity index (χ2v) is 10.6. The molecular formula is C40H52N4O4. The summed E-state index contributed by atoms with van der Waals surface area (Å²) in [7, 11) is 0. The number of fused-ring (bicyclic) bond motifs is 8. The fourth-order valence-electron chi connectivity index (χ4n) is 5.77. The Labute approximate surface area is 285 Å². The third kappa shape index (κ3) is 8.01. The molecule has 256 valence electrons. The number of aromatic nitrogens is 4. The molecule has 8 nitrogen and oxygen atoms in total. The lowest BCUT2D eigenvalue weighted by molar-refractivity contribution is -0.229. The Bertz CT molecular complexity index is 1920. The summed E-state index contributed by atoms with van der Waals surface area (Å²) in [6.07, 6.45) is 3.94. The molecule has 0 aromatic carbocycles. The first kappa shape index (κ1) is 39.4. The maximum Gasteiger partial charge on any atom is 0.303 e. The SMILES string of the molecule is C=CC1=C(C)c2cc3[nH]c(cc4nc(cc5[nH]c(cc1n2)c(C)c5C=C)C(C)=C4CCC(=O)O)c(C(=C)COO)c3C.CC.CC.CC. The van der Waals surface area contributed by atoms with E-state index in [0.717, 1.165) is 83.7 Å². The number of nitrogens with one attached hydrogen (secondary N) is 2. The van der Waals surface area contributed by atoms with E-state index in [4.69, 9.17) is 9.97 Å². The topological polar surface area (TPSA) is 124 Å². The number of hydrogen-bond acceptors (Lipinski definition) is 5. The van der Waals surface area contributed by atoms with Gasteiger partial charge in [0.1, 0.15) is 6.61 Å². The van der Waals surface area contributed by atoms with Gasteiger partial charge < -0.3 is 15.1 Å². The number of carboxylic acid groups (broad SMARTS) is 1. The molecule has 3 aromatic heterocycles. The maximum atomic E-state index is 11.5. The number of allylic oxidation sites excluding steroid dienone is 5. The molecule has 0 saturated heterocycles. The van der Waals surface area contributed by atoms with Gasteiger partial charge in [-0.15, -0.1) is 0 Å². The Morgan fingerprint density at radius 1 is 0.771 bits per heavy atom. The van der Waals surface area contributed by atoms with Gasteiger partial charge in [-0.05, 0) is 91.8 Å². The summed E-state index contributed by atoms with van der Waals surface area (Å²) in [5, 5.41) is 18.7. The molecule has 0 saturated carbocycles. The summed E-state index contributed by atoms with van der Waals surface area (Å²) in [5.41, 5.74) is 14.2. The molecule has 0 unspecified atom stereocenters. The lowest BCUT2D eigenvalue weighted by Crippen LogP contribution is -1.96. The summed E-state index contributed by atoms with van der Waals surface area (Å²) in [5.74, 6) is -0.878. The van der Waals surface area contributed by atoms with Crippen molar-refractivity contribution in [2.45, 2.75) is 82.1 Å². The van der Waals surface area contributed by atoms with Crippen LogP contribution in [0.15, 0.2) is 50.1 Å². The van der Waals surface area contributed by atoms with Crippen LogP contribution < -0.4 is 0 Å². The molecule has 2 aliphatic rings. The van der Waals surface area contributed by atoms with Gasteiger partial charge in [0.15, 0.2) is 0 Å². The molecule has 2 aliphatic heterocycles. The van der Waals surface area contributed by atoms with Crippen LogP contribution in [0.3, 0.4) is 0 Å². The normalized spacial score (nSPS) is 11.8. The Morgan fingerprint density at radius 2 is 1.29 bits per heavy atom. The van der Waals surface area contributed by atoms with E-state index in [1.54, 1.807) is 0 Å². The van der Waals surface area contributed by atoms with Gasteiger partial charge in [0.25, 0.3) is 0 Å². The molecule has 0 spiro atoms. The Balaban J connectivity index is 0.00000126. The second-order valence-electron chi connectivity index (χ2n) is 10.6. The first-order valence-electron chi connectivity index (χ1n) is 16.7. The van der Waals surface area contributed by atoms with E-state index in [9.17, 15) is 15.2 Å². The average molecular weight is 653 g/mol. The van der Waals surface area contributed by atoms with Crippen molar-refractivity contribution in [3.8, 4) is 0 Å². The molecule has 0 aliphatic carbocycles. The third-order valence-electron chi connectivity index (χ3n) is 8.09. The first-order valence-corrected chi connectivity index (χ1v) is 16.7. The molecule has 3 aromatic rings. The van der Waals surface area contributed by atoms with Crippen LogP contribution in [-0.2, 0) is 9.68 Å². The maximum absolute atomic E-state index is 11.5. The van der Waals surface area contributed by atoms with Crippen molar-refractivity contribution in [2.24, 2.45) is 0 Å². The zero-order valence-electron chi connectivity index (χ0n) is 30.3. The average Bonchev–Trinajstić information content (AvgIpc) is 3.75. The lowest BCUT2D eigenvalue weighted by atomic mass is 10.00. The van der Waals surface area contributed by atoms with Crippen molar-refractivity contribution in [3.63, 3.8) is 0 Å². The summed E-state index contributed by atoms with van der Waals surface area (Å²) in [4.78, 5) is 33.0. The molecule has 4 N–H and O–H groups in total. The van der Waals surface area contributed by atoms with Crippen LogP contribution >= 0.6 is 0 Å². The molecule has 5 rings (SSSR count). The number of rotatable bonds is 8. The number of carbonyl (C=O) groups is 1. The van der Waals surface area contributed by atoms with E-state index in [-0.39, 0.29) is 13.0 Å². The standard InChI is InChI=1S/C34H34N4O4.3C2H6/c1-8-22-18(4)25-12-28-21(7)34(17(3)16-42-41)32(38-28)15-31-24(10-11-33(39)40)20(6)27(37-31)14-30-23(9-2)19(5)26(36-30)13-29(22)35-25;3*1-2/h8-9,12-15,36,38,41H,1-3,10-11,16H2,4-7H3,(H,39,40);3*1-2H3. The summed E-state index contributed by atoms with van der Waals surface area (Å²) >= 11 is 0. The van der Waals surface area contributed by atoms with Crippen LogP contribution in [0.1, 0.15) is 113 Å². The summed E-state index contributed by atoms with van der Waals surface area (Å²) in [6.45, 7) is 32.2. The van der Waals surface area contributed by atoms with Crippen molar-refractivity contribution < 1.29 is 20.0 Å². The highest BCUT2D eigenvalue weighted by Crippen LogP contribution is 2.37. The Morgan fingerprint density at radius 3 is 1.88 bits per heavy atom. The highest BCUT2D eigenvalue weighted by molar-refractivity contribution is 5.98.